The van der Waals surface area contributed by atoms with Crippen molar-refractivity contribution in [2.75, 3.05) is 20.3 Å². The van der Waals surface area contributed by atoms with Crippen molar-refractivity contribution in [1.82, 2.24) is 5.32 Å². The fraction of sp³-hybridized carbons (Fsp3) is 0.538. The van der Waals surface area contributed by atoms with E-state index in [1.165, 1.54) is 5.56 Å². The normalized spacial score (nSPS) is 25.4. The van der Waals surface area contributed by atoms with E-state index in [9.17, 15) is 0 Å². The second-order valence-corrected chi connectivity index (χ2v) is 4.33. The second kappa shape index (κ2) is 5.32. The number of rotatable bonds is 3. The zero-order valence-electron chi connectivity index (χ0n) is 9.65. The van der Waals surface area contributed by atoms with Crippen molar-refractivity contribution in [3.05, 3.63) is 29.8 Å². The Labute approximate surface area is 96.4 Å². The van der Waals surface area contributed by atoms with Gasteiger partial charge in [0, 0.05) is 6.04 Å². The Morgan fingerprint density at radius 3 is 2.75 bits per heavy atom. The van der Waals surface area contributed by atoms with Crippen LogP contribution in [0.4, 0.5) is 0 Å². The molecule has 0 amide bonds. The lowest BCUT2D eigenvalue weighted by Gasteiger charge is -2.29. The van der Waals surface area contributed by atoms with Crippen LogP contribution in [0.3, 0.4) is 0 Å². The van der Waals surface area contributed by atoms with Gasteiger partial charge in [0.1, 0.15) is 5.75 Å². The first kappa shape index (κ1) is 11.4. The molecule has 0 bridgehead atoms. The molecule has 2 rings (SSSR count). The first-order chi connectivity index (χ1) is 7.83. The summed E-state index contributed by atoms with van der Waals surface area (Å²) in [5.74, 6) is 1.46. The molecule has 2 unspecified atom stereocenters. The molecule has 0 radical (unpaired) electrons. The predicted molar refractivity (Wildman–Crippen MR) is 63.8 cm³/mol. The Morgan fingerprint density at radius 1 is 1.38 bits per heavy atom. The molecular weight excluding hydrogens is 202 g/mol. The maximum atomic E-state index is 9.16. The van der Waals surface area contributed by atoms with E-state index in [1.54, 1.807) is 7.11 Å². The van der Waals surface area contributed by atoms with Gasteiger partial charge in [-0.1, -0.05) is 12.1 Å². The molecule has 1 aliphatic heterocycles. The van der Waals surface area contributed by atoms with Crippen molar-refractivity contribution in [3.8, 4) is 5.75 Å². The van der Waals surface area contributed by atoms with Crippen molar-refractivity contribution < 1.29 is 9.84 Å². The number of ether oxygens (including phenoxy) is 1. The second-order valence-electron chi connectivity index (χ2n) is 4.33. The molecule has 2 N–H and O–H groups in total. The molecule has 1 aliphatic rings. The molecule has 0 saturated carbocycles. The van der Waals surface area contributed by atoms with Gasteiger partial charge in [0.15, 0.2) is 0 Å². The van der Waals surface area contributed by atoms with Gasteiger partial charge in [0.25, 0.3) is 0 Å². The number of hydrogen-bond acceptors (Lipinski definition) is 3. The SMILES string of the molecule is COc1ccc(C2CCNC(CO)C2)cc1. The Hall–Kier alpha value is -1.06. The molecule has 3 nitrogen and oxygen atoms in total. The van der Waals surface area contributed by atoms with E-state index in [0.717, 1.165) is 25.1 Å². The third-order valence-corrected chi connectivity index (χ3v) is 3.30. The fourth-order valence-corrected chi connectivity index (χ4v) is 2.32. The molecule has 1 saturated heterocycles. The lowest BCUT2D eigenvalue weighted by Crippen LogP contribution is -2.39. The smallest absolute Gasteiger partial charge is 0.118 e. The summed E-state index contributed by atoms with van der Waals surface area (Å²) in [6, 6.07) is 8.52. The van der Waals surface area contributed by atoms with Crippen LogP contribution in [0.15, 0.2) is 24.3 Å². The summed E-state index contributed by atoms with van der Waals surface area (Å²) < 4.78 is 5.15. The molecule has 0 aliphatic carbocycles. The molecule has 88 valence electrons. The van der Waals surface area contributed by atoms with E-state index in [0.29, 0.717) is 5.92 Å². The van der Waals surface area contributed by atoms with Crippen LogP contribution in [0.1, 0.15) is 24.3 Å². The number of benzene rings is 1. The van der Waals surface area contributed by atoms with E-state index in [-0.39, 0.29) is 12.6 Å². The Bertz CT molecular complexity index is 323. The molecule has 1 aromatic rings. The van der Waals surface area contributed by atoms with Gasteiger partial charge in [0.2, 0.25) is 0 Å². The topological polar surface area (TPSA) is 41.5 Å². The molecule has 1 heterocycles. The maximum Gasteiger partial charge on any atom is 0.118 e. The summed E-state index contributed by atoms with van der Waals surface area (Å²) in [4.78, 5) is 0. The van der Waals surface area contributed by atoms with Gasteiger partial charge >= 0.3 is 0 Å². The monoisotopic (exact) mass is 221 g/mol. The van der Waals surface area contributed by atoms with Gasteiger partial charge in [-0.2, -0.15) is 0 Å². The number of piperidine rings is 1. The van der Waals surface area contributed by atoms with E-state index in [4.69, 9.17) is 9.84 Å². The first-order valence-corrected chi connectivity index (χ1v) is 5.81. The number of aliphatic hydroxyl groups is 1. The first-order valence-electron chi connectivity index (χ1n) is 5.81. The van der Waals surface area contributed by atoms with Gasteiger partial charge in [-0.15, -0.1) is 0 Å². The number of methoxy groups -OCH3 is 1. The van der Waals surface area contributed by atoms with Crippen LogP contribution in [0, 0.1) is 0 Å². The van der Waals surface area contributed by atoms with Crippen LogP contribution in [0.25, 0.3) is 0 Å². The molecule has 0 spiro atoms. The summed E-state index contributed by atoms with van der Waals surface area (Å²) in [6.07, 6.45) is 2.16. The van der Waals surface area contributed by atoms with E-state index in [2.05, 4.69) is 17.4 Å². The molecular formula is C13H19NO2. The Balaban J connectivity index is 2.05. The average molecular weight is 221 g/mol. The van der Waals surface area contributed by atoms with Gasteiger partial charge in [0.05, 0.1) is 13.7 Å². The summed E-state index contributed by atoms with van der Waals surface area (Å²) in [6.45, 7) is 1.22. The molecule has 1 aromatic carbocycles. The third-order valence-electron chi connectivity index (χ3n) is 3.30. The highest BCUT2D eigenvalue weighted by Crippen LogP contribution is 2.28. The molecule has 0 aromatic heterocycles. The molecule has 3 heteroatoms. The van der Waals surface area contributed by atoms with Crippen LogP contribution in [0.5, 0.6) is 5.75 Å². The summed E-state index contributed by atoms with van der Waals surface area (Å²) in [5.41, 5.74) is 1.35. The van der Waals surface area contributed by atoms with E-state index < -0.39 is 0 Å². The number of nitrogens with one attached hydrogen (secondary N) is 1. The quantitative estimate of drug-likeness (QED) is 0.813. The summed E-state index contributed by atoms with van der Waals surface area (Å²) in [5, 5.41) is 12.5. The highest BCUT2D eigenvalue weighted by molar-refractivity contribution is 5.29. The van der Waals surface area contributed by atoms with Crippen LogP contribution in [-0.2, 0) is 0 Å². The largest absolute Gasteiger partial charge is 0.497 e. The van der Waals surface area contributed by atoms with Crippen LogP contribution < -0.4 is 10.1 Å². The maximum absolute atomic E-state index is 9.16. The fourth-order valence-electron chi connectivity index (χ4n) is 2.32. The van der Waals surface area contributed by atoms with Crippen LogP contribution in [-0.4, -0.2) is 31.4 Å². The van der Waals surface area contributed by atoms with Crippen molar-refractivity contribution in [2.24, 2.45) is 0 Å². The highest BCUT2D eigenvalue weighted by atomic mass is 16.5. The molecule has 16 heavy (non-hydrogen) atoms. The van der Waals surface area contributed by atoms with Crippen molar-refractivity contribution in [1.29, 1.82) is 0 Å². The molecule has 1 fully saturated rings. The van der Waals surface area contributed by atoms with E-state index >= 15 is 0 Å². The summed E-state index contributed by atoms with van der Waals surface area (Å²) >= 11 is 0. The zero-order chi connectivity index (χ0) is 11.4. The minimum Gasteiger partial charge on any atom is -0.497 e. The average Bonchev–Trinajstić information content (AvgIpc) is 2.39. The number of aliphatic hydroxyl groups excluding tert-OH is 1. The van der Waals surface area contributed by atoms with Crippen molar-refractivity contribution in [2.45, 2.75) is 24.8 Å². The predicted octanol–water partition coefficient (Wildman–Crippen LogP) is 1.52. The van der Waals surface area contributed by atoms with Crippen LogP contribution >= 0.6 is 0 Å². The van der Waals surface area contributed by atoms with E-state index in [1.807, 2.05) is 12.1 Å². The van der Waals surface area contributed by atoms with Crippen molar-refractivity contribution >= 4 is 0 Å². The Kier molecular flexibility index (Phi) is 3.80. The lowest BCUT2D eigenvalue weighted by molar-refractivity contribution is 0.210. The van der Waals surface area contributed by atoms with Crippen LogP contribution in [0.2, 0.25) is 0 Å². The standard InChI is InChI=1S/C13H19NO2/c1-16-13-4-2-10(3-5-13)11-6-7-14-12(8-11)9-15/h2-5,11-12,14-15H,6-9H2,1H3. The van der Waals surface area contributed by atoms with Gasteiger partial charge in [-0.25, -0.2) is 0 Å². The zero-order valence-corrected chi connectivity index (χ0v) is 9.65. The molecule has 2 atom stereocenters. The summed E-state index contributed by atoms with van der Waals surface area (Å²) in [7, 11) is 1.68. The number of hydrogen-bond donors (Lipinski definition) is 2. The third kappa shape index (κ3) is 2.54. The van der Waals surface area contributed by atoms with Gasteiger partial charge in [-0.05, 0) is 43.0 Å². The van der Waals surface area contributed by atoms with Crippen molar-refractivity contribution in [3.63, 3.8) is 0 Å². The Morgan fingerprint density at radius 2 is 2.12 bits per heavy atom. The lowest BCUT2D eigenvalue weighted by atomic mass is 9.86. The highest BCUT2D eigenvalue weighted by Gasteiger charge is 2.21. The minimum atomic E-state index is 0.229. The minimum absolute atomic E-state index is 0.229. The van der Waals surface area contributed by atoms with Gasteiger partial charge < -0.3 is 15.2 Å². The van der Waals surface area contributed by atoms with Gasteiger partial charge in [-0.3, -0.25) is 0 Å².